The third kappa shape index (κ3) is 6.13. The number of hydrogen-bond acceptors (Lipinski definition) is 4. The van der Waals surface area contributed by atoms with Crippen LogP contribution in [0, 0.1) is 0 Å². The molecule has 1 unspecified atom stereocenters. The summed E-state index contributed by atoms with van der Waals surface area (Å²) in [4.78, 5) is 25.4. The van der Waals surface area contributed by atoms with Crippen LogP contribution in [0.15, 0.2) is 18.2 Å². The van der Waals surface area contributed by atoms with E-state index in [1.54, 1.807) is 7.11 Å². The van der Waals surface area contributed by atoms with Gasteiger partial charge in [0.15, 0.2) is 17.5 Å². The first-order valence-corrected chi connectivity index (χ1v) is 9.68. The maximum Gasteiger partial charge on any atom is 0.321 e. The summed E-state index contributed by atoms with van der Waals surface area (Å²) in [6, 6.07) is 5.20. The number of urea groups is 1. The van der Waals surface area contributed by atoms with Crippen molar-refractivity contribution in [2.24, 2.45) is 0 Å². The minimum absolute atomic E-state index is 0.189. The van der Waals surface area contributed by atoms with Gasteiger partial charge in [-0.05, 0) is 44.9 Å². The van der Waals surface area contributed by atoms with Crippen LogP contribution in [0.1, 0.15) is 45.1 Å². The van der Waals surface area contributed by atoms with Gasteiger partial charge < -0.3 is 19.7 Å². The summed E-state index contributed by atoms with van der Waals surface area (Å²) in [5.41, 5.74) is 1.03. The van der Waals surface area contributed by atoms with Crippen LogP contribution in [-0.4, -0.2) is 44.8 Å². The summed E-state index contributed by atoms with van der Waals surface area (Å²) >= 11 is 0. The monoisotopic (exact) mass is 378 g/mol. The van der Waals surface area contributed by atoms with Crippen molar-refractivity contribution in [2.45, 2.75) is 58.2 Å². The first-order valence-electron chi connectivity index (χ1n) is 9.68. The Morgan fingerprint density at radius 2 is 1.96 bits per heavy atom. The van der Waals surface area contributed by atoms with Gasteiger partial charge in [-0.25, -0.2) is 4.79 Å². The molecule has 7 heteroatoms. The van der Waals surface area contributed by atoms with Gasteiger partial charge in [0.1, 0.15) is 6.54 Å². The molecular formula is C20H32N3O4+. The van der Waals surface area contributed by atoms with E-state index in [2.05, 4.69) is 10.6 Å². The van der Waals surface area contributed by atoms with Crippen LogP contribution in [0.3, 0.4) is 0 Å². The fourth-order valence-corrected chi connectivity index (χ4v) is 3.31. The molecular weight excluding hydrogens is 346 g/mol. The van der Waals surface area contributed by atoms with Crippen molar-refractivity contribution >= 4 is 11.9 Å². The maximum absolute atomic E-state index is 12.4. The summed E-state index contributed by atoms with van der Waals surface area (Å²) in [7, 11) is 3.54. The van der Waals surface area contributed by atoms with Crippen molar-refractivity contribution in [1.82, 2.24) is 10.6 Å². The molecule has 1 saturated carbocycles. The molecule has 0 saturated heterocycles. The number of hydrogen-bond donors (Lipinski definition) is 3. The number of quaternary nitrogens is 1. The highest BCUT2D eigenvalue weighted by atomic mass is 16.5. The normalized spacial score (nSPS) is 16.4. The van der Waals surface area contributed by atoms with Gasteiger partial charge >= 0.3 is 6.03 Å². The second-order valence-corrected chi connectivity index (χ2v) is 7.11. The first-order chi connectivity index (χ1) is 12.9. The fraction of sp³-hybridized carbons (Fsp3) is 0.600. The Labute approximate surface area is 161 Å². The number of carbonyl (C=O) groups is 2. The summed E-state index contributed by atoms with van der Waals surface area (Å²) in [6.45, 7) is 4.94. The zero-order chi connectivity index (χ0) is 19.8. The van der Waals surface area contributed by atoms with E-state index in [1.807, 2.05) is 39.1 Å². The Morgan fingerprint density at radius 3 is 2.59 bits per heavy atom. The molecule has 2 atom stereocenters. The number of likely N-dealkylation sites (N-methyl/N-ethyl adjacent to an activating group) is 1. The number of imide groups is 1. The molecule has 1 aromatic carbocycles. The van der Waals surface area contributed by atoms with Crippen LogP contribution in [0.2, 0.25) is 0 Å². The van der Waals surface area contributed by atoms with E-state index < -0.39 is 6.03 Å². The molecule has 1 aliphatic carbocycles. The van der Waals surface area contributed by atoms with Crippen molar-refractivity contribution in [3.8, 4) is 11.5 Å². The third-order valence-corrected chi connectivity index (χ3v) is 5.07. The number of rotatable bonds is 8. The van der Waals surface area contributed by atoms with Crippen LogP contribution in [0.25, 0.3) is 0 Å². The predicted molar refractivity (Wildman–Crippen MR) is 103 cm³/mol. The lowest BCUT2D eigenvalue weighted by Crippen LogP contribution is -3.12. The molecule has 3 N–H and O–H groups in total. The number of benzene rings is 1. The number of ether oxygens (including phenoxy) is 2. The Bertz CT molecular complexity index is 644. The largest absolute Gasteiger partial charge is 0.493 e. The molecule has 0 aromatic heterocycles. The Hall–Kier alpha value is -2.28. The van der Waals surface area contributed by atoms with Crippen molar-refractivity contribution < 1.29 is 24.0 Å². The minimum atomic E-state index is -0.394. The van der Waals surface area contributed by atoms with Gasteiger partial charge in [-0.1, -0.05) is 12.8 Å². The molecule has 1 fully saturated rings. The molecule has 27 heavy (non-hydrogen) atoms. The van der Waals surface area contributed by atoms with Gasteiger partial charge in [-0.15, -0.1) is 0 Å². The Kier molecular flexibility index (Phi) is 7.91. The van der Waals surface area contributed by atoms with Crippen LogP contribution < -0.4 is 25.0 Å². The smallest absolute Gasteiger partial charge is 0.321 e. The Balaban J connectivity index is 1.89. The van der Waals surface area contributed by atoms with Crippen LogP contribution in [0.4, 0.5) is 4.79 Å². The highest BCUT2D eigenvalue weighted by molar-refractivity contribution is 5.96. The van der Waals surface area contributed by atoms with Gasteiger partial charge in [0.25, 0.3) is 5.91 Å². The molecule has 0 radical (unpaired) electrons. The molecule has 1 aromatic rings. The van der Waals surface area contributed by atoms with Crippen LogP contribution in [0.5, 0.6) is 11.5 Å². The van der Waals surface area contributed by atoms with Crippen molar-refractivity contribution in [1.29, 1.82) is 0 Å². The SMILES string of the molecule is CCOc1ccc(C[NH+](C)[C@H](C)C(=O)NC(=O)NC2CCCC2)cc1OC. The lowest BCUT2D eigenvalue weighted by atomic mass is 10.1. The number of nitrogens with one attached hydrogen (secondary N) is 3. The first kappa shape index (κ1) is 21.0. The van der Waals surface area contributed by atoms with E-state index in [1.165, 1.54) is 0 Å². The van der Waals surface area contributed by atoms with Gasteiger partial charge in [0.2, 0.25) is 0 Å². The molecule has 0 bridgehead atoms. The quantitative estimate of drug-likeness (QED) is 0.636. The highest BCUT2D eigenvalue weighted by Crippen LogP contribution is 2.27. The lowest BCUT2D eigenvalue weighted by molar-refractivity contribution is -0.908. The minimum Gasteiger partial charge on any atom is -0.493 e. The summed E-state index contributed by atoms with van der Waals surface area (Å²) in [6.07, 6.45) is 4.24. The summed E-state index contributed by atoms with van der Waals surface area (Å²) < 4.78 is 10.9. The standard InChI is InChI=1S/C20H31N3O4/c1-5-27-17-11-10-15(12-18(17)26-4)13-23(3)14(2)19(24)22-20(25)21-16-8-6-7-9-16/h10-12,14,16H,5-9,13H2,1-4H3,(H2,21,22,24,25)/p+1/t14-/m1/s1. The summed E-state index contributed by atoms with van der Waals surface area (Å²) in [5, 5.41) is 5.34. The topological polar surface area (TPSA) is 81.1 Å². The van der Waals surface area contributed by atoms with E-state index in [0.29, 0.717) is 24.7 Å². The molecule has 0 spiro atoms. The Morgan fingerprint density at radius 1 is 1.26 bits per heavy atom. The lowest BCUT2D eigenvalue weighted by Gasteiger charge is -2.22. The second kappa shape index (κ2) is 10.2. The van der Waals surface area contributed by atoms with Crippen LogP contribution in [-0.2, 0) is 11.3 Å². The van der Waals surface area contributed by atoms with Crippen molar-refractivity contribution in [2.75, 3.05) is 20.8 Å². The van der Waals surface area contributed by atoms with E-state index in [0.717, 1.165) is 36.1 Å². The molecule has 3 amide bonds. The third-order valence-electron chi connectivity index (χ3n) is 5.07. The molecule has 150 valence electrons. The van der Waals surface area contributed by atoms with Gasteiger partial charge in [0.05, 0.1) is 20.8 Å². The maximum atomic E-state index is 12.4. The van der Waals surface area contributed by atoms with E-state index in [-0.39, 0.29) is 18.0 Å². The second-order valence-electron chi connectivity index (χ2n) is 7.11. The zero-order valence-corrected chi connectivity index (χ0v) is 16.8. The van der Waals surface area contributed by atoms with Crippen molar-refractivity contribution in [3.63, 3.8) is 0 Å². The van der Waals surface area contributed by atoms with Gasteiger partial charge in [0, 0.05) is 11.6 Å². The summed E-state index contributed by atoms with van der Waals surface area (Å²) in [5.74, 6) is 1.10. The highest BCUT2D eigenvalue weighted by Gasteiger charge is 2.25. The van der Waals surface area contributed by atoms with Crippen LogP contribution >= 0.6 is 0 Å². The number of carbonyl (C=O) groups excluding carboxylic acids is 2. The molecule has 7 nitrogen and oxygen atoms in total. The molecule has 2 rings (SSSR count). The van der Waals surface area contributed by atoms with E-state index >= 15 is 0 Å². The van der Waals surface area contributed by atoms with E-state index in [9.17, 15) is 9.59 Å². The molecule has 0 aliphatic heterocycles. The number of methoxy groups -OCH3 is 1. The zero-order valence-electron chi connectivity index (χ0n) is 16.8. The van der Waals surface area contributed by atoms with Gasteiger partial charge in [-0.2, -0.15) is 0 Å². The molecule has 0 heterocycles. The predicted octanol–water partition coefficient (Wildman–Crippen LogP) is 1.27. The average Bonchev–Trinajstić information content (AvgIpc) is 3.15. The fourth-order valence-electron chi connectivity index (χ4n) is 3.31. The molecule has 1 aliphatic rings. The van der Waals surface area contributed by atoms with E-state index in [4.69, 9.17) is 9.47 Å². The number of amides is 3. The average molecular weight is 378 g/mol. The van der Waals surface area contributed by atoms with Crippen molar-refractivity contribution in [3.05, 3.63) is 23.8 Å². The van der Waals surface area contributed by atoms with Gasteiger partial charge in [-0.3, -0.25) is 10.1 Å².